The number of hydrogen-bond donors (Lipinski definition) is 2. The molecule has 0 radical (unpaired) electrons. The fourth-order valence-electron chi connectivity index (χ4n) is 1.83. The summed E-state index contributed by atoms with van der Waals surface area (Å²) in [6.07, 6.45) is 2.12. The van der Waals surface area contributed by atoms with E-state index in [4.69, 9.17) is 5.73 Å². The van der Waals surface area contributed by atoms with Crippen LogP contribution in [0.25, 0.3) is 0 Å². The molecule has 17 heavy (non-hydrogen) atoms. The molecule has 0 fully saturated rings. The normalized spacial score (nSPS) is 11.8. The standard InChI is InChI=1S/C14H23BrN2/c1-14(2,8-9-16)11-17-10-7-12-5-3-4-6-13(12)15/h3-6,17H,7-11,16H2,1-2H3. The first-order chi connectivity index (χ1) is 8.05. The zero-order valence-electron chi connectivity index (χ0n) is 10.8. The first-order valence-corrected chi connectivity index (χ1v) is 6.99. The van der Waals surface area contributed by atoms with Gasteiger partial charge in [0, 0.05) is 11.0 Å². The van der Waals surface area contributed by atoms with E-state index in [1.807, 2.05) is 6.07 Å². The van der Waals surface area contributed by atoms with Crippen molar-refractivity contribution in [1.82, 2.24) is 5.32 Å². The summed E-state index contributed by atoms with van der Waals surface area (Å²) in [4.78, 5) is 0. The van der Waals surface area contributed by atoms with Gasteiger partial charge in [-0.1, -0.05) is 48.0 Å². The summed E-state index contributed by atoms with van der Waals surface area (Å²) in [5, 5.41) is 3.51. The summed E-state index contributed by atoms with van der Waals surface area (Å²) in [5.74, 6) is 0. The summed E-state index contributed by atoms with van der Waals surface area (Å²) in [7, 11) is 0. The zero-order valence-corrected chi connectivity index (χ0v) is 12.4. The fourth-order valence-corrected chi connectivity index (χ4v) is 2.31. The van der Waals surface area contributed by atoms with Crippen LogP contribution in [-0.4, -0.2) is 19.6 Å². The Hall–Kier alpha value is -0.380. The minimum atomic E-state index is 0.294. The number of nitrogens with two attached hydrogens (primary N) is 1. The van der Waals surface area contributed by atoms with Crippen molar-refractivity contribution in [2.24, 2.45) is 11.1 Å². The summed E-state index contributed by atoms with van der Waals surface area (Å²) >= 11 is 3.57. The molecule has 0 aliphatic carbocycles. The third kappa shape index (κ3) is 5.66. The Morgan fingerprint density at radius 3 is 2.65 bits per heavy atom. The second kappa shape index (κ2) is 7.14. The van der Waals surface area contributed by atoms with E-state index < -0.39 is 0 Å². The van der Waals surface area contributed by atoms with Crippen LogP contribution in [0.4, 0.5) is 0 Å². The summed E-state index contributed by atoms with van der Waals surface area (Å²) in [6, 6.07) is 8.38. The van der Waals surface area contributed by atoms with E-state index in [0.29, 0.717) is 5.41 Å². The lowest BCUT2D eigenvalue weighted by Crippen LogP contribution is -2.32. The molecule has 1 aromatic rings. The van der Waals surface area contributed by atoms with E-state index in [0.717, 1.165) is 32.5 Å². The van der Waals surface area contributed by atoms with Gasteiger partial charge in [0.1, 0.15) is 0 Å². The number of hydrogen-bond acceptors (Lipinski definition) is 2. The Kier molecular flexibility index (Phi) is 6.17. The van der Waals surface area contributed by atoms with Gasteiger partial charge in [-0.25, -0.2) is 0 Å². The molecule has 0 bridgehead atoms. The molecule has 3 N–H and O–H groups in total. The molecule has 0 saturated heterocycles. The number of benzene rings is 1. The second-order valence-electron chi connectivity index (χ2n) is 5.22. The number of rotatable bonds is 7. The molecule has 0 aliphatic rings. The van der Waals surface area contributed by atoms with Gasteiger partial charge >= 0.3 is 0 Å². The van der Waals surface area contributed by atoms with Crippen molar-refractivity contribution in [3.05, 3.63) is 34.3 Å². The van der Waals surface area contributed by atoms with Crippen LogP contribution < -0.4 is 11.1 Å². The molecule has 0 unspecified atom stereocenters. The lowest BCUT2D eigenvalue weighted by atomic mass is 9.89. The van der Waals surface area contributed by atoms with Crippen LogP contribution in [-0.2, 0) is 6.42 Å². The van der Waals surface area contributed by atoms with Gasteiger partial charge < -0.3 is 11.1 Å². The van der Waals surface area contributed by atoms with Gasteiger partial charge in [-0.15, -0.1) is 0 Å². The van der Waals surface area contributed by atoms with E-state index in [-0.39, 0.29) is 0 Å². The maximum absolute atomic E-state index is 5.60. The van der Waals surface area contributed by atoms with Crippen molar-refractivity contribution in [3.8, 4) is 0 Å². The van der Waals surface area contributed by atoms with Gasteiger partial charge in [0.2, 0.25) is 0 Å². The van der Waals surface area contributed by atoms with Crippen molar-refractivity contribution >= 4 is 15.9 Å². The minimum absolute atomic E-state index is 0.294. The van der Waals surface area contributed by atoms with Gasteiger partial charge in [-0.2, -0.15) is 0 Å². The topological polar surface area (TPSA) is 38.0 Å². The first-order valence-electron chi connectivity index (χ1n) is 6.19. The monoisotopic (exact) mass is 298 g/mol. The van der Waals surface area contributed by atoms with Crippen molar-refractivity contribution in [1.29, 1.82) is 0 Å². The Morgan fingerprint density at radius 1 is 1.29 bits per heavy atom. The first kappa shape index (κ1) is 14.7. The van der Waals surface area contributed by atoms with Gasteiger partial charge in [-0.3, -0.25) is 0 Å². The van der Waals surface area contributed by atoms with Gasteiger partial charge in [0.25, 0.3) is 0 Å². The maximum Gasteiger partial charge on any atom is 0.0207 e. The van der Waals surface area contributed by atoms with Crippen LogP contribution in [0.15, 0.2) is 28.7 Å². The molecule has 0 heterocycles. The maximum atomic E-state index is 5.60. The molecular formula is C14H23BrN2. The molecule has 3 heteroatoms. The van der Waals surface area contributed by atoms with E-state index in [2.05, 4.69) is 53.3 Å². The summed E-state index contributed by atoms with van der Waals surface area (Å²) in [6.45, 7) is 7.31. The van der Waals surface area contributed by atoms with Crippen molar-refractivity contribution in [2.75, 3.05) is 19.6 Å². The second-order valence-corrected chi connectivity index (χ2v) is 6.08. The Bertz CT molecular complexity index is 337. The SMILES string of the molecule is CC(C)(CCN)CNCCc1ccccc1Br. The van der Waals surface area contributed by atoms with Gasteiger partial charge in [-0.05, 0) is 43.0 Å². The number of nitrogens with one attached hydrogen (secondary N) is 1. The molecule has 0 saturated carbocycles. The average Bonchev–Trinajstić information content (AvgIpc) is 2.26. The fraction of sp³-hybridized carbons (Fsp3) is 0.571. The number of halogens is 1. The predicted octanol–water partition coefficient (Wildman–Crippen LogP) is 2.96. The Morgan fingerprint density at radius 2 is 2.00 bits per heavy atom. The van der Waals surface area contributed by atoms with E-state index >= 15 is 0 Å². The van der Waals surface area contributed by atoms with E-state index in [1.165, 1.54) is 10.0 Å². The third-order valence-corrected chi connectivity index (χ3v) is 3.73. The molecule has 1 aromatic carbocycles. The van der Waals surface area contributed by atoms with Crippen LogP contribution in [0.2, 0.25) is 0 Å². The van der Waals surface area contributed by atoms with Crippen LogP contribution in [0.5, 0.6) is 0 Å². The largest absolute Gasteiger partial charge is 0.330 e. The highest BCUT2D eigenvalue weighted by molar-refractivity contribution is 9.10. The van der Waals surface area contributed by atoms with Gasteiger partial charge in [0.15, 0.2) is 0 Å². The molecule has 0 spiro atoms. The predicted molar refractivity (Wildman–Crippen MR) is 78.2 cm³/mol. The lowest BCUT2D eigenvalue weighted by Gasteiger charge is -2.24. The van der Waals surface area contributed by atoms with Crippen molar-refractivity contribution in [3.63, 3.8) is 0 Å². The Balaban J connectivity index is 2.27. The quantitative estimate of drug-likeness (QED) is 0.760. The average molecular weight is 299 g/mol. The molecule has 2 nitrogen and oxygen atoms in total. The highest BCUT2D eigenvalue weighted by Crippen LogP contribution is 2.18. The third-order valence-electron chi connectivity index (χ3n) is 2.95. The van der Waals surface area contributed by atoms with E-state index in [9.17, 15) is 0 Å². The molecule has 1 rings (SSSR count). The van der Waals surface area contributed by atoms with Gasteiger partial charge in [0.05, 0.1) is 0 Å². The molecule has 0 amide bonds. The van der Waals surface area contributed by atoms with Crippen LogP contribution >= 0.6 is 15.9 Å². The smallest absolute Gasteiger partial charge is 0.0207 e. The molecule has 96 valence electrons. The van der Waals surface area contributed by atoms with Crippen LogP contribution in [0.1, 0.15) is 25.8 Å². The molecule has 0 atom stereocenters. The highest BCUT2D eigenvalue weighted by Gasteiger charge is 2.15. The lowest BCUT2D eigenvalue weighted by molar-refractivity contribution is 0.321. The molecule has 0 aromatic heterocycles. The highest BCUT2D eigenvalue weighted by atomic mass is 79.9. The Labute approximate surface area is 113 Å². The summed E-state index contributed by atoms with van der Waals surface area (Å²) < 4.78 is 1.20. The van der Waals surface area contributed by atoms with Crippen LogP contribution in [0, 0.1) is 5.41 Å². The molecule has 0 aliphatic heterocycles. The zero-order chi connectivity index (χ0) is 12.7. The van der Waals surface area contributed by atoms with Crippen molar-refractivity contribution in [2.45, 2.75) is 26.7 Å². The summed E-state index contributed by atoms with van der Waals surface area (Å²) in [5.41, 5.74) is 7.25. The van der Waals surface area contributed by atoms with E-state index in [1.54, 1.807) is 0 Å². The minimum Gasteiger partial charge on any atom is -0.330 e. The van der Waals surface area contributed by atoms with Crippen molar-refractivity contribution < 1.29 is 0 Å². The van der Waals surface area contributed by atoms with Crippen LogP contribution in [0.3, 0.4) is 0 Å². The molecular weight excluding hydrogens is 276 g/mol.